The molecule has 0 saturated carbocycles. The lowest BCUT2D eigenvalue weighted by molar-refractivity contribution is 0.209. The highest BCUT2D eigenvalue weighted by atomic mass is 19.1. The third-order valence-electron chi connectivity index (χ3n) is 3.78. The van der Waals surface area contributed by atoms with Gasteiger partial charge in [0.25, 0.3) is 0 Å². The van der Waals surface area contributed by atoms with Crippen molar-refractivity contribution in [2.75, 3.05) is 5.32 Å². The van der Waals surface area contributed by atoms with Gasteiger partial charge in [-0.25, -0.2) is 18.7 Å². The van der Waals surface area contributed by atoms with Crippen molar-refractivity contribution >= 4 is 17.6 Å². The van der Waals surface area contributed by atoms with Crippen molar-refractivity contribution in [3.05, 3.63) is 54.6 Å². The molecule has 0 radical (unpaired) electrons. The number of hydrogen-bond donors (Lipinski definition) is 2. The van der Waals surface area contributed by atoms with Crippen molar-refractivity contribution in [3.63, 3.8) is 0 Å². The minimum Gasteiger partial charge on any atom is -0.465 e. The monoisotopic (exact) mass is 352 g/mol. The third-order valence-corrected chi connectivity index (χ3v) is 3.78. The first-order chi connectivity index (χ1) is 12.5. The van der Waals surface area contributed by atoms with Crippen LogP contribution >= 0.6 is 0 Å². The molecule has 0 aliphatic carbocycles. The molecule has 2 N–H and O–H groups in total. The number of hydrogen-bond acceptors (Lipinski definition) is 4. The number of halogens is 1. The van der Waals surface area contributed by atoms with Crippen LogP contribution in [0.5, 0.6) is 0 Å². The van der Waals surface area contributed by atoms with Gasteiger partial charge in [-0.2, -0.15) is 10.2 Å². The summed E-state index contributed by atoms with van der Waals surface area (Å²) in [7, 11) is 1.79. The van der Waals surface area contributed by atoms with E-state index in [1.165, 1.54) is 22.8 Å². The molecule has 0 spiro atoms. The summed E-state index contributed by atoms with van der Waals surface area (Å²) in [5.41, 5.74) is 3.34. The van der Waals surface area contributed by atoms with E-state index in [1.54, 1.807) is 36.0 Å². The number of anilines is 1. The Morgan fingerprint density at radius 1 is 1.12 bits per heavy atom. The molecule has 9 heteroatoms. The van der Waals surface area contributed by atoms with Crippen LogP contribution in [0, 0.1) is 5.82 Å². The lowest BCUT2D eigenvalue weighted by atomic mass is 10.1. The van der Waals surface area contributed by atoms with E-state index in [0.29, 0.717) is 17.0 Å². The molecule has 3 aromatic heterocycles. The quantitative estimate of drug-likeness (QED) is 0.591. The van der Waals surface area contributed by atoms with Crippen molar-refractivity contribution in [2.45, 2.75) is 0 Å². The summed E-state index contributed by atoms with van der Waals surface area (Å²) in [4.78, 5) is 14.9. The van der Waals surface area contributed by atoms with Crippen molar-refractivity contribution in [1.29, 1.82) is 0 Å². The van der Waals surface area contributed by atoms with Crippen LogP contribution in [0.4, 0.5) is 15.0 Å². The average Bonchev–Trinajstić information content (AvgIpc) is 3.17. The zero-order chi connectivity index (χ0) is 18.3. The standard InChI is InChI=1S/C17H13FN6O2/c1-23-8-12(16(22-23)10-2-4-11(18)5-3-10)13-6-7-15-19-14(20-17(25)26)9-24(15)21-13/h2-9,20H,1H3,(H,25,26). The fourth-order valence-electron chi connectivity index (χ4n) is 2.69. The van der Waals surface area contributed by atoms with Gasteiger partial charge in [0.15, 0.2) is 11.5 Å². The Labute approximate surface area is 146 Å². The molecule has 0 aliphatic heterocycles. The van der Waals surface area contributed by atoms with Crippen LogP contribution in [0.25, 0.3) is 28.2 Å². The molecule has 1 amide bonds. The average molecular weight is 352 g/mol. The summed E-state index contributed by atoms with van der Waals surface area (Å²) >= 11 is 0. The number of carboxylic acid groups (broad SMARTS) is 1. The van der Waals surface area contributed by atoms with Crippen LogP contribution in [0.2, 0.25) is 0 Å². The van der Waals surface area contributed by atoms with Crippen molar-refractivity contribution < 1.29 is 14.3 Å². The Balaban J connectivity index is 1.80. The molecular weight excluding hydrogens is 339 g/mol. The highest BCUT2D eigenvalue weighted by molar-refractivity contribution is 5.82. The molecule has 3 heterocycles. The van der Waals surface area contributed by atoms with Gasteiger partial charge < -0.3 is 5.11 Å². The maximum absolute atomic E-state index is 13.2. The van der Waals surface area contributed by atoms with Crippen LogP contribution in [0.3, 0.4) is 0 Å². The number of amides is 1. The number of fused-ring (bicyclic) bond motifs is 1. The Morgan fingerprint density at radius 2 is 1.88 bits per heavy atom. The molecule has 4 rings (SSSR count). The van der Waals surface area contributed by atoms with Crippen LogP contribution < -0.4 is 5.32 Å². The largest absolute Gasteiger partial charge is 0.465 e. The van der Waals surface area contributed by atoms with Crippen molar-refractivity contribution in [1.82, 2.24) is 24.4 Å². The van der Waals surface area contributed by atoms with Crippen LogP contribution in [0.15, 0.2) is 48.8 Å². The first-order valence-electron chi connectivity index (χ1n) is 7.66. The van der Waals surface area contributed by atoms with Gasteiger partial charge in [0.2, 0.25) is 0 Å². The van der Waals surface area contributed by atoms with Crippen molar-refractivity contribution in [3.8, 4) is 22.5 Å². The van der Waals surface area contributed by atoms with Gasteiger partial charge in [0.1, 0.15) is 11.5 Å². The van der Waals surface area contributed by atoms with Gasteiger partial charge in [-0.15, -0.1) is 0 Å². The van der Waals surface area contributed by atoms with Gasteiger partial charge in [-0.3, -0.25) is 10.00 Å². The third kappa shape index (κ3) is 2.86. The normalized spacial score (nSPS) is 11.0. The lowest BCUT2D eigenvalue weighted by Crippen LogP contribution is -2.07. The molecule has 4 aromatic rings. The highest BCUT2D eigenvalue weighted by Gasteiger charge is 2.15. The highest BCUT2D eigenvalue weighted by Crippen LogP contribution is 2.30. The number of aromatic nitrogens is 5. The predicted octanol–water partition coefficient (Wildman–Crippen LogP) is 3.03. The number of rotatable bonds is 3. The van der Waals surface area contributed by atoms with E-state index in [1.807, 2.05) is 6.20 Å². The number of aryl methyl sites for hydroxylation is 1. The van der Waals surface area contributed by atoms with E-state index in [0.717, 1.165) is 11.1 Å². The van der Waals surface area contributed by atoms with Crippen LogP contribution in [-0.4, -0.2) is 35.6 Å². The van der Waals surface area contributed by atoms with E-state index in [9.17, 15) is 9.18 Å². The minimum atomic E-state index is -1.19. The predicted molar refractivity (Wildman–Crippen MR) is 92.2 cm³/mol. The second-order valence-corrected chi connectivity index (χ2v) is 5.65. The molecule has 0 fully saturated rings. The maximum Gasteiger partial charge on any atom is 0.410 e. The SMILES string of the molecule is Cn1cc(-c2ccc3nc(NC(=O)O)cn3n2)c(-c2ccc(F)cc2)n1. The molecule has 8 nitrogen and oxygen atoms in total. The zero-order valence-electron chi connectivity index (χ0n) is 13.6. The number of imidazole rings is 1. The Morgan fingerprint density at radius 3 is 2.62 bits per heavy atom. The summed E-state index contributed by atoms with van der Waals surface area (Å²) in [6, 6.07) is 9.58. The van der Waals surface area contributed by atoms with Crippen LogP contribution in [0.1, 0.15) is 0 Å². The number of nitrogens with one attached hydrogen (secondary N) is 1. The molecule has 0 atom stereocenters. The smallest absolute Gasteiger partial charge is 0.410 e. The van der Waals surface area contributed by atoms with Crippen molar-refractivity contribution in [2.24, 2.45) is 7.05 Å². The molecule has 130 valence electrons. The number of carbonyl (C=O) groups is 1. The molecule has 0 unspecified atom stereocenters. The number of nitrogens with zero attached hydrogens (tertiary/aromatic N) is 5. The summed E-state index contributed by atoms with van der Waals surface area (Å²) in [5, 5.41) is 19.9. The molecule has 26 heavy (non-hydrogen) atoms. The fourth-order valence-corrected chi connectivity index (χ4v) is 2.69. The molecule has 0 saturated heterocycles. The van der Waals surface area contributed by atoms with Gasteiger partial charge in [-0.05, 0) is 36.4 Å². The number of benzene rings is 1. The van der Waals surface area contributed by atoms with E-state index in [2.05, 4.69) is 20.5 Å². The van der Waals surface area contributed by atoms with Gasteiger partial charge >= 0.3 is 6.09 Å². The summed E-state index contributed by atoms with van der Waals surface area (Å²) in [6.07, 6.45) is 2.11. The zero-order valence-corrected chi connectivity index (χ0v) is 13.6. The van der Waals surface area contributed by atoms with Gasteiger partial charge in [0, 0.05) is 24.4 Å². The first-order valence-corrected chi connectivity index (χ1v) is 7.66. The van der Waals surface area contributed by atoms with Gasteiger partial charge in [0.05, 0.1) is 11.9 Å². The van der Waals surface area contributed by atoms with E-state index >= 15 is 0 Å². The summed E-state index contributed by atoms with van der Waals surface area (Å²) in [5.74, 6) is -0.130. The fraction of sp³-hybridized carbons (Fsp3) is 0.0588. The van der Waals surface area contributed by atoms with E-state index in [-0.39, 0.29) is 11.6 Å². The molecule has 0 aliphatic rings. The van der Waals surface area contributed by atoms with Crippen LogP contribution in [-0.2, 0) is 7.05 Å². The van der Waals surface area contributed by atoms with E-state index in [4.69, 9.17) is 5.11 Å². The second kappa shape index (κ2) is 5.96. The van der Waals surface area contributed by atoms with E-state index < -0.39 is 6.09 Å². The lowest BCUT2D eigenvalue weighted by Gasteiger charge is -2.03. The summed E-state index contributed by atoms with van der Waals surface area (Å²) in [6.45, 7) is 0. The topological polar surface area (TPSA) is 97.3 Å². The molecular formula is C17H13FN6O2. The Bertz CT molecular complexity index is 1120. The summed E-state index contributed by atoms with van der Waals surface area (Å²) < 4.78 is 16.3. The molecule has 1 aromatic carbocycles. The van der Waals surface area contributed by atoms with Gasteiger partial charge in [-0.1, -0.05) is 0 Å². The Kier molecular flexibility index (Phi) is 3.61. The second-order valence-electron chi connectivity index (χ2n) is 5.65. The Hall–Kier alpha value is -3.75. The minimum absolute atomic E-state index is 0.187. The molecule has 0 bridgehead atoms. The first kappa shape index (κ1) is 15.8. The maximum atomic E-state index is 13.2.